The Labute approximate surface area is 76.6 Å². The van der Waals surface area contributed by atoms with Crippen LogP contribution in [0, 0.1) is 17.8 Å². The Bertz CT molecular complexity index is 145. The Morgan fingerprint density at radius 1 is 1.50 bits per heavy atom. The Morgan fingerprint density at radius 3 is 2.33 bits per heavy atom. The Morgan fingerprint density at radius 2 is 2.00 bits per heavy atom. The maximum absolute atomic E-state index is 11.0. The number of Topliss-reactive ketones (excluding diaryl/α,β-unsaturated/α-hetero) is 1. The summed E-state index contributed by atoms with van der Waals surface area (Å²) in [5.74, 6) is 2.31. The van der Waals surface area contributed by atoms with Crippen LogP contribution in [0.1, 0.15) is 47.5 Å². The van der Waals surface area contributed by atoms with Crippen LogP contribution in [0.15, 0.2) is 0 Å². The molecule has 0 aromatic heterocycles. The minimum Gasteiger partial charge on any atom is -0.300 e. The van der Waals surface area contributed by atoms with Gasteiger partial charge < -0.3 is 0 Å². The molecule has 0 heterocycles. The van der Waals surface area contributed by atoms with Crippen molar-refractivity contribution in [3.05, 3.63) is 0 Å². The molecule has 1 aliphatic rings. The highest BCUT2D eigenvalue weighted by atomic mass is 16.1. The second-order valence-corrected chi connectivity index (χ2v) is 3.91. The molecular formula is C11H22O. The molecule has 72 valence electrons. The Hall–Kier alpha value is -0.330. The van der Waals surface area contributed by atoms with Gasteiger partial charge in [0.15, 0.2) is 0 Å². The monoisotopic (exact) mass is 170 g/mol. The molecule has 1 rings (SSSR count). The van der Waals surface area contributed by atoms with E-state index >= 15 is 0 Å². The van der Waals surface area contributed by atoms with Crippen molar-refractivity contribution in [1.82, 2.24) is 0 Å². The molecule has 1 unspecified atom stereocenters. The number of hydrogen-bond acceptors (Lipinski definition) is 1. The van der Waals surface area contributed by atoms with Crippen LogP contribution in [0.3, 0.4) is 0 Å². The van der Waals surface area contributed by atoms with Crippen molar-refractivity contribution < 1.29 is 4.79 Å². The van der Waals surface area contributed by atoms with Crippen molar-refractivity contribution in [3.63, 3.8) is 0 Å². The summed E-state index contributed by atoms with van der Waals surface area (Å²) >= 11 is 0. The first-order valence-corrected chi connectivity index (χ1v) is 4.65. The summed E-state index contributed by atoms with van der Waals surface area (Å²) < 4.78 is 0. The molecular weight excluding hydrogens is 148 g/mol. The molecule has 1 fully saturated rings. The second kappa shape index (κ2) is 4.64. The summed E-state index contributed by atoms with van der Waals surface area (Å²) in [5.41, 5.74) is 0. The maximum Gasteiger partial charge on any atom is 0.132 e. The minimum absolute atomic E-state index is 0. The molecule has 0 spiro atoms. The molecule has 0 radical (unpaired) electrons. The van der Waals surface area contributed by atoms with Gasteiger partial charge in [0.25, 0.3) is 0 Å². The SMILES string of the molecule is C.CCC1CC(C(C)C(C)=O)C1. The van der Waals surface area contributed by atoms with Gasteiger partial charge in [-0.05, 0) is 31.6 Å². The van der Waals surface area contributed by atoms with E-state index in [9.17, 15) is 4.79 Å². The number of hydrogen-bond donors (Lipinski definition) is 0. The van der Waals surface area contributed by atoms with Crippen molar-refractivity contribution >= 4 is 5.78 Å². The van der Waals surface area contributed by atoms with Gasteiger partial charge >= 0.3 is 0 Å². The van der Waals surface area contributed by atoms with Crippen LogP contribution in [-0.2, 0) is 4.79 Å². The van der Waals surface area contributed by atoms with E-state index in [0.29, 0.717) is 17.6 Å². The van der Waals surface area contributed by atoms with E-state index in [1.807, 2.05) is 0 Å². The summed E-state index contributed by atoms with van der Waals surface area (Å²) in [6.07, 6.45) is 3.87. The summed E-state index contributed by atoms with van der Waals surface area (Å²) in [6, 6.07) is 0. The summed E-state index contributed by atoms with van der Waals surface area (Å²) in [4.78, 5) is 11.0. The van der Waals surface area contributed by atoms with Crippen molar-refractivity contribution in [3.8, 4) is 0 Å². The van der Waals surface area contributed by atoms with Crippen LogP contribution in [-0.4, -0.2) is 5.78 Å². The lowest BCUT2D eigenvalue weighted by Crippen LogP contribution is -2.31. The molecule has 1 atom stereocenters. The molecule has 12 heavy (non-hydrogen) atoms. The van der Waals surface area contributed by atoms with Gasteiger partial charge in [-0.15, -0.1) is 0 Å². The minimum atomic E-state index is 0. The van der Waals surface area contributed by atoms with Crippen molar-refractivity contribution in [1.29, 1.82) is 0 Å². The highest BCUT2D eigenvalue weighted by Gasteiger charge is 2.33. The number of ketones is 1. The lowest BCUT2D eigenvalue weighted by molar-refractivity contribution is -0.123. The van der Waals surface area contributed by atoms with Gasteiger partial charge in [0, 0.05) is 5.92 Å². The van der Waals surface area contributed by atoms with E-state index in [4.69, 9.17) is 0 Å². The molecule has 0 N–H and O–H groups in total. The first-order chi connectivity index (χ1) is 5.15. The van der Waals surface area contributed by atoms with Crippen LogP contribution in [0.25, 0.3) is 0 Å². The molecule has 1 aliphatic carbocycles. The van der Waals surface area contributed by atoms with E-state index in [2.05, 4.69) is 13.8 Å². The molecule has 0 aliphatic heterocycles. The van der Waals surface area contributed by atoms with Crippen molar-refractivity contribution in [2.75, 3.05) is 0 Å². The van der Waals surface area contributed by atoms with Gasteiger partial charge in [0.1, 0.15) is 5.78 Å². The average molecular weight is 170 g/mol. The Balaban J connectivity index is 0.00000121. The largest absolute Gasteiger partial charge is 0.300 e. The van der Waals surface area contributed by atoms with Gasteiger partial charge in [-0.1, -0.05) is 27.7 Å². The first kappa shape index (κ1) is 11.7. The third-order valence-corrected chi connectivity index (χ3v) is 3.20. The van der Waals surface area contributed by atoms with Gasteiger partial charge in [-0.2, -0.15) is 0 Å². The summed E-state index contributed by atoms with van der Waals surface area (Å²) in [6.45, 7) is 6.02. The lowest BCUT2D eigenvalue weighted by Gasteiger charge is -2.37. The van der Waals surface area contributed by atoms with Crippen LogP contribution >= 0.6 is 0 Å². The number of rotatable bonds is 3. The molecule has 0 aromatic carbocycles. The Kier molecular flexibility index (Phi) is 4.51. The first-order valence-electron chi connectivity index (χ1n) is 4.65. The fraction of sp³-hybridized carbons (Fsp3) is 0.909. The molecule has 1 heteroatoms. The third-order valence-electron chi connectivity index (χ3n) is 3.20. The van der Waals surface area contributed by atoms with Gasteiger partial charge in [-0.25, -0.2) is 0 Å². The normalized spacial score (nSPS) is 29.9. The lowest BCUT2D eigenvalue weighted by atomic mass is 9.67. The van der Waals surface area contributed by atoms with Gasteiger partial charge in [-0.3, -0.25) is 4.79 Å². The molecule has 0 amide bonds. The highest BCUT2D eigenvalue weighted by Crippen LogP contribution is 2.40. The molecule has 1 nitrogen and oxygen atoms in total. The topological polar surface area (TPSA) is 17.1 Å². The number of carbonyl (C=O) groups is 1. The smallest absolute Gasteiger partial charge is 0.132 e. The van der Waals surface area contributed by atoms with E-state index in [0.717, 1.165) is 5.92 Å². The van der Waals surface area contributed by atoms with E-state index in [-0.39, 0.29) is 7.43 Å². The van der Waals surface area contributed by atoms with Crippen LogP contribution in [0.5, 0.6) is 0 Å². The zero-order valence-electron chi connectivity index (χ0n) is 7.76. The quantitative estimate of drug-likeness (QED) is 0.635. The van der Waals surface area contributed by atoms with E-state index < -0.39 is 0 Å². The highest BCUT2D eigenvalue weighted by molar-refractivity contribution is 5.78. The molecule has 0 saturated heterocycles. The fourth-order valence-electron chi connectivity index (χ4n) is 1.86. The molecule has 1 saturated carbocycles. The average Bonchev–Trinajstić information content (AvgIpc) is 1.85. The van der Waals surface area contributed by atoms with Crippen LogP contribution < -0.4 is 0 Å². The molecule has 0 bridgehead atoms. The number of carbonyl (C=O) groups excluding carboxylic acids is 1. The maximum atomic E-state index is 11.0. The predicted octanol–water partition coefficient (Wildman–Crippen LogP) is 3.28. The molecule has 0 aromatic rings. The van der Waals surface area contributed by atoms with Crippen LogP contribution in [0.2, 0.25) is 0 Å². The standard InChI is InChI=1S/C10H18O.CH4/c1-4-9-5-10(6-9)7(2)8(3)11;/h7,9-10H,4-6H2,1-3H3;1H4. The van der Waals surface area contributed by atoms with Crippen molar-refractivity contribution in [2.24, 2.45) is 17.8 Å². The fourth-order valence-corrected chi connectivity index (χ4v) is 1.86. The predicted molar refractivity (Wildman–Crippen MR) is 53.1 cm³/mol. The third kappa shape index (κ3) is 2.33. The zero-order valence-corrected chi connectivity index (χ0v) is 7.76. The zero-order chi connectivity index (χ0) is 8.43. The second-order valence-electron chi connectivity index (χ2n) is 3.91. The van der Waals surface area contributed by atoms with E-state index in [1.54, 1.807) is 6.92 Å². The van der Waals surface area contributed by atoms with Crippen molar-refractivity contribution in [2.45, 2.75) is 47.5 Å². The van der Waals surface area contributed by atoms with Gasteiger partial charge in [0.05, 0.1) is 0 Å². The van der Waals surface area contributed by atoms with Gasteiger partial charge in [0.2, 0.25) is 0 Å². The van der Waals surface area contributed by atoms with Crippen LogP contribution in [0.4, 0.5) is 0 Å². The summed E-state index contributed by atoms with van der Waals surface area (Å²) in [5, 5.41) is 0. The van der Waals surface area contributed by atoms with E-state index in [1.165, 1.54) is 19.3 Å². The summed E-state index contributed by atoms with van der Waals surface area (Å²) in [7, 11) is 0.